The predicted molar refractivity (Wildman–Crippen MR) is 94.7 cm³/mol. The Balaban J connectivity index is 2.86. The van der Waals surface area contributed by atoms with E-state index >= 15 is 0 Å². The molecule has 0 amide bonds. The van der Waals surface area contributed by atoms with E-state index in [1.807, 2.05) is 4.90 Å². The zero-order chi connectivity index (χ0) is 20.2. The van der Waals surface area contributed by atoms with Crippen LogP contribution >= 0.6 is 0 Å². The molecule has 1 fully saturated rings. The SMILES string of the molecule is O=CCN1CCN(CC(=O)O)CCN(CC(=O)O)CCN(CC(=O)O)CC1. The lowest BCUT2D eigenvalue weighted by Crippen LogP contribution is -2.48. The fourth-order valence-corrected chi connectivity index (χ4v) is 2.91. The molecular weight excluding hydrogens is 360 g/mol. The third-order valence-electron chi connectivity index (χ3n) is 4.34. The average Bonchev–Trinajstić information content (AvgIpc) is 2.56. The van der Waals surface area contributed by atoms with Crippen molar-refractivity contribution in [1.82, 2.24) is 19.6 Å². The van der Waals surface area contributed by atoms with Crippen LogP contribution in [0.15, 0.2) is 0 Å². The summed E-state index contributed by atoms with van der Waals surface area (Å²) < 4.78 is 0. The number of hydrogen-bond donors (Lipinski definition) is 3. The van der Waals surface area contributed by atoms with Gasteiger partial charge in [-0.05, 0) is 0 Å². The van der Waals surface area contributed by atoms with E-state index < -0.39 is 17.9 Å². The largest absolute Gasteiger partial charge is 0.480 e. The first-order valence-corrected chi connectivity index (χ1v) is 8.78. The van der Waals surface area contributed by atoms with Crippen LogP contribution in [0.2, 0.25) is 0 Å². The smallest absolute Gasteiger partial charge is 0.317 e. The number of nitrogens with zero attached hydrogens (tertiary/aromatic N) is 4. The van der Waals surface area contributed by atoms with E-state index in [1.165, 1.54) is 0 Å². The minimum absolute atomic E-state index is 0.166. The van der Waals surface area contributed by atoms with E-state index in [-0.39, 0.29) is 26.2 Å². The van der Waals surface area contributed by atoms with Gasteiger partial charge < -0.3 is 20.1 Å². The van der Waals surface area contributed by atoms with Gasteiger partial charge in [0, 0.05) is 52.4 Å². The highest BCUT2D eigenvalue weighted by Gasteiger charge is 2.19. The molecule has 11 heteroatoms. The van der Waals surface area contributed by atoms with Crippen LogP contribution in [0, 0.1) is 0 Å². The Morgan fingerprint density at radius 2 is 0.852 bits per heavy atom. The molecular formula is C16H28N4O7. The number of carbonyl (C=O) groups excluding carboxylic acids is 1. The van der Waals surface area contributed by atoms with E-state index in [2.05, 4.69) is 0 Å². The van der Waals surface area contributed by atoms with Gasteiger partial charge in [0.15, 0.2) is 0 Å². The average molecular weight is 388 g/mol. The van der Waals surface area contributed by atoms with E-state index in [9.17, 15) is 19.2 Å². The fourth-order valence-electron chi connectivity index (χ4n) is 2.91. The van der Waals surface area contributed by atoms with Crippen LogP contribution in [-0.4, -0.2) is 138 Å². The molecule has 0 aliphatic carbocycles. The molecule has 0 saturated carbocycles. The summed E-state index contributed by atoms with van der Waals surface area (Å²) in [4.78, 5) is 51.1. The van der Waals surface area contributed by atoms with Crippen LogP contribution in [0.25, 0.3) is 0 Å². The van der Waals surface area contributed by atoms with E-state index in [4.69, 9.17) is 15.3 Å². The Bertz CT molecular complexity index is 485. The minimum Gasteiger partial charge on any atom is -0.480 e. The summed E-state index contributed by atoms with van der Waals surface area (Å²) in [5.74, 6) is -2.93. The molecule has 0 aromatic heterocycles. The van der Waals surface area contributed by atoms with Crippen LogP contribution in [0.1, 0.15) is 0 Å². The van der Waals surface area contributed by atoms with Crippen LogP contribution in [0.3, 0.4) is 0 Å². The summed E-state index contributed by atoms with van der Waals surface area (Å²) in [7, 11) is 0. The molecule has 27 heavy (non-hydrogen) atoms. The Hall–Kier alpha value is -2.08. The second-order valence-electron chi connectivity index (χ2n) is 6.48. The predicted octanol–water partition coefficient (Wildman–Crippen LogP) is -2.34. The highest BCUT2D eigenvalue weighted by atomic mass is 16.4. The molecule has 1 heterocycles. The van der Waals surface area contributed by atoms with Gasteiger partial charge in [-0.25, -0.2) is 0 Å². The molecule has 11 nitrogen and oxygen atoms in total. The topological polar surface area (TPSA) is 142 Å². The summed E-state index contributed by atoms with van der Waals surface area (Å²) in [6.45, 7) is 2.87. The van der Waals surface area contributed by atoms with Crippen molar-refractivity contribution in [3.8, 4) is 0 Å². The number of aldehydes is 1. The molecule has 0 aromatic rings. The van der Waals surface area contributed by atoms with Gasteiger partial charge in [-0.15, -0.1) is 0 Å². The third-order valence-corrected chi connectivity index (χ3v) is 4.34. The molecule has 0 atom stereocenters. The van der Waals surface area contributed by atoms with Crippen molar-refractivity contribution in [2.45, 2.75) is 0 Å². The quantitative estimate of drug-likeness (QED) is 0.385. The van der Waals surface area contributed by atoms with Gasteiger partial charge in [0.2, 0.25) is 0 Å². The maximum Gasteiger partial charge on any atom is 0.317 e. The summed E-state index contributed by atoms with van der Waals surface area (Å²) in [6.07, 6.45) is 0.767. The molecule has 154 valence electrons. The summed E-state index contributed by atoms with van der Waals surface area (Å²) in [6, 6.07) is 0. The first kappa shape index (κ1) is 23.0. The first-order chi connectivity index (χ1) is 12.8. The molecule has 0 spiro atoms. The Morgan fingerprint density at radius 3 is 1.07 bits per heavy atom. The van der Waals surface area contributed by atoms with Gasteiger partial charge in [-0.2, -0.15) is 0 Å². The fraction of sp³-hybridized carbons (Fsp3) is 0.750. The lowest BCUT2D eigenvalue weighted by Gasteiger charge is -2.32. The summed E-state index contributed by atoms with van der Waals surface area (Å²) in [5.41, 5.74) is 0. The number of carbonyl (C=O) groups is 4. The summed E-state index contributed by atoms with van der Waals surface area (Å²) >= 11 is 0. The lowest BCUT2D eigenvalue weighted by atomic mass is 10.3. The molecule has 0 radical (unpaired) electrons. The molecule has 0 unspecified atom stereocenters. The molecule has 3 N–H and O–H groups in total. The molecule has 1 aliphatic heterocycles. The Labute approximate surface area is 157 Å². The van der Waals surface area contributed by atoms with Crippen LogP contribution in [0.4, 0.5) is 0 Å². The normalized spacial score (nSPS) is 19.7. The van der Waals surface area contributed by atoms with Gasteiger partial charge in [0.25, 0.3) is 0 Å². The molecule has 0 bridgehead atoms. The second kappa shape index (κ2) is 12.3. The number of carboxylic acid groups (broad SMARTS) is 3. The molecule has 1 saturated heterocycles. The third kappa shape index (κ3) is 10.6. The number of aliphatic carboxylic acids is 3. The van der Waals surface area contributed by atoms with E-state index in [0.29, 0.717) is 52.4 Å². The maximum atomic E-state index is 11.1. The van der Waals surface area contributed by atoms with Crippen molar-refractivity contribution in [3.05, 3.63) is 0 Å². The lowest BCUT2D eigenvalue weighted by molar-refractivity contribution is -0.140. The van der Waals surface area contributed by atoms with Crippen molar-refractivity contribution >= 4 is 24.2 Å². The standard InChI is InChI=1S/C16H28N4O7/c21-10-9-17-1-3-18(11-14(22)23)5-7-20(13-16(26)27)8-6-19(4-2-17)12-15(24)25/h10H,1-9,11-13H2,(H,22,23)(H,24,25)(H,26,27). The first-order valence-electron chi connectivity index (χ1n) is 8.78. The van der Waals surface area contributed by atoms with Crippen molar-refractivity contribution in [2.24, 2.45) is 0 Å². The van der Waals surface area contributed by atoms with Crippen molar-refractivity contribution < 1.29 is 34.5 Å². The minimum atomic E-state index is -0.992. The second-order valence-corrected chi connectivity index (χ2v) is 6.48. The van der Waals surface area contributed by atoms with Crippen molar-refractivity contribution in [1.29, 1.82) is 0 Å². The van der Waals surface area contributed by atoms with E-state index in [0.717, 1.165) is 6.29 Å². The zero-order valence-corrected chi connectivity index (χ0v) is 15.3. The summed E-state index contributed by atoms with van der Waals surface area (Å²) in [5, 5.41) is 27.2. The highest BCUT2D eigenvalue weighted by molar-refractivity contribution is 5.69. The maximum absolute atomic E-state index is 11.1. The Kier molecular flexibility index (Phi) is 10.5. The van der Waals surface area contributed by atoms with Gasteiger partial charge in [-0.3, -0.25) is 34.0 Å². The van der Waals surface area contributed by atoms with E-state index in [1.54, 1.807) is 14.7 Å². The Morgan fingerprint density at radius 1 is 0.593 bits per heavy atom. The van der Waals surface area contributed by atoms with Crippen LogP contribution in [-0.2, 0) is 19.2 Å². The van der Waals surface area contributed by atoms with Gasteiger partial charge in [-0.1, -0.05) is 0 Å². The number of carboxylic acids is 3. The van der Waals surface area contributed by atoms with Crippen molar-refractivity contribution in [3.63, 3.8) is 0 Å². The molecule has 1 rings (SSSR count). The zero-order valence-electron chi connectivity index (χ0n) is 15.3. The van der Waals surface area contributed by atoms with Crippen LogP contribution < -0.4 is 0 Å². The molecule has 0 aromatic carbocycles. The highest BCUT2D eigenvalue weighted by Crippen LogP contribution is 2.01. The van der Waals surface area contributed by atoms with Gasteiger partial charge in [0.1, 0.15) is 6.29 Å². The van der Waals surface area contributed by atoms with Crippen LogP contribution in [0.5, 0.6) is 0 Å². The van der Waals surface area contributed by atoms with Crippen molar-refractivity contribution in [2.75, 3.05) is 78.5 Å². The van der Waals surface area contributed by atoms with Gasteiger partial charge in [0.05, 0.1) is 26.2 Å². The number of rotatable bonds is 8. The monoisotopic (exact) mass is 388 g/mol. The molecule has 1 aliphatic rings. The number of hydrogen-bond acceptors (Lipinski definition) is 8. The van der Waals surface area contributed by atoms with Gasteiger partial charge >= 0.3 is 17.9 Å².